The van der Waals surface area contributed by atoms with Crippen LogP contribution in [0.25, 0.3) is 16.9 Å². The highest BCUT2D eigenvalue weighted by Crippen LogP contribution is 2.33. The second-order valence-electron chi connectivity index (χ2n) is 6.49. The number of nitrogens with one attached hydrogen (secondary N) is 1. The van der Waals surface area contributed by atoms with Crippen LogP contribution in [-0.4, -0.2) is 19.5 Å². The topological polar surface area (TPSA) is 81.6 Å². The number of nitrogens with two attached hydrogens (primary N) is 1. The quantitative estimate of drug-likeness (QED) is 0.753. The van der Waals surface area contributed by atoms with Crippen molar-refractivity contribution in [2.75, 3.05) is 11.1 Å². The summed E-state index contributed by atoms with van der Waals surface area (Å²) < 4.78 is 1.94. The minimum Gasteiger partial charge on any atom is -0.382 e. The highest BCUT2D eigenvalue weighted by molar-refractivity contribution is 5.84. The van der Waals surface area contributed by atoms with E-state index in [4.69, 9.17) is 5.73 Å². The average Bonchev–Trinajstić information content (AvgIpc) is 3.07. The van der Waals surface area contributed by atoms with Gasteiger partial charge in [0.15, 0.2) is 17.0 Å². The van der Waals surface area contributed by atoms with Crippen LogP contribution in [0, 0.1) is 0 Å². The van der Waals surface area contributed by atoms with Gasteiger partial charge in [-0.15, -0.1) is 0 Å². The van der Waals surface area contributed by atoms with Gasteiger partial charge >= 0.3 is 0 Å². The molecule has 1 saturated carbocycles. The zero-order valence-corrected chi connectivity index (χ0v) is 14.2. The van der Waals surface area contributed by atoms with E-state index in [9.17, 15) is 0 Å². The molecule has 0 saturated heterocycles. The molecule has 0 aliphatic heterocycles. The normalized spacial score (nSPS) is 15.4. The fraction of sp³-hybridized carbons (Fsp3) is 0.316. The molecular weight excluding hydrogens is 312 g/mol. The molecule has 2 heterocycles. The lowest BCUT2D eigenvalue weighted by atomic mass is 9.84. The molecular formula is C19H22N6. The van der Waals surface area contributed by atoms with Gasteiger partial charge in [0.1, 0.15) is 6.33 Å². The first-order chi connectivity index (χ1) is 12.3. The molecule has 1 fully saturated rings. The van der Waals surface area contributed by atoms with Crippen molar-refractivity contribution < 1.29 is 0 Å². The van der Waals surface area contributed by atoms with Gasteiger partial charge in [-0.2, -0.15) is 9.97 Å². The van der Waals surface area contributed by atoms with Crippen molar-refractivity contribution in [1.82, 2.24) is 19.5 Å². The molecule has 1 aromatic carbocycles. The highest BCUT2D eigenvalue weighted by Gasteiger charge is 2.16. The van der Waals surface area contributed by atoms with E-state index in [-0.39, 0.29) is 0 Å². The zero-order valence-electron chi connectivity index (χ0n) is 14.2. The average molecular weight is 334 g/mol. The van der Waals surface area contributed by atoms with Gasteiger partial charge in [0.25, 0.3) is 0 Å². The standard InChI is InChI=1S/C19H22N6/c1-2-21-19-23-17(20)16-18(24-19)25(12-22-16)15-10-8-14(9-11-15)13-6-4-3-5-7-13/h2,8-13H,1,3-7H2,(H3,20,21,23,24). The third-order valence-corrected chi connectivity index (χ3v) is 4.90. The number of rotatable bonds is 4. The minimum absolute atomic E-state index is 0.354. The lowest BCUT2D eigenvalue weighted by Crippen LogP contribution is -2.05. The van der Waals surface area contributed by atoms with Gasteiger partial charge in [-0.1, -0.05) is 38.0 Å². The van der Waals surface area contributed by atoms with Gasteiger partial charge in [-0.05, 0) is 42.7 Å². The van der Waals surface area contributed by atoms with Crippen LogP contribution in [0.4, 0.5) is 11.8 Å². The van der Waals surface area contributed by atoms with Crippen LogP contribution in [0.5, 0.6) is 0 Å². The molecule has 0 radical (unpaired) electrons. The summed E-state index contributed by atoms with van der Waals surface area (Å²) in [7, 11) is 0. The van der Waals surface area contributed by atoms with Crippen LogP contribution in [-0.2, 0) is 0 Å². The largest absolute Gasteiger partial charge is 0.382 e. The van der Waals surface area contributed by atoms with Crippen molar-refractivity contribution in [3.8, 4) is 5.69 Å². The van der Waals surface area contributed by atoms with E-state index in [1.165, 1.54) is 43.9 Å². The van der Waals surface area contributed by atoms with Gasteiger partial charge in [-0.3, -0.25) is 4.57 Å². The van der Waals surface area contributed by atoms with E-state index in [1.54, 1.807) is 6.33 Å². The summed E-state index contributed by atoms with van der Waals surface area (Å²) in [5, 5.41) is 2.88. The summed E-state index contributed by atoms with van der Waals surface area (Å²) in [6, 6.07) is 8.71. The third-order valence-electron chi connectivity index (χ3n) is 4.90. The molecule has 0 amide bonds. The molecule has 0 bridgehead atoms. The van der Waals surface area contributed by atoms with E-state index < -0.39 is 0 Å². The number of benzene rings is 1. The number of hydrogen-bond acceptors (Lipinski definition) is 5. The van der Waals surface area contributed by atoms with Gasteiger partial charge in [-0.25, -0.2) is 4.98 Å². The maximum Gasteiger partial charge on any atom is 0.230 e. The number of fused-ring (bicyclic) bond motifs is 1. The van der Waals surface area contributed by atoms with Crippen LogP contribution >= 0.6 is 0 Å². The van der Waals surface area contributed by atoms with Gasteiger partial charge < -0.3 is 11.1 Å². The minimum atomic E-state index is 0.354. The molecule has 2 aromatic heterocycles. The van der Waals surface area contributed by atoms with Gasteiger partial charge in [0, 0.05) is 5.69 Å². The number of imidazole rings is 1. The van der Waals surface area contributed by atoms with Crippen LogP contribution in [0.15, 0.2) is 43.4 Å². The Bertz CT molecular complexity index is 890. The van der Waals surface area contributed by atoms with Crippen LogP contribution in [0.2, 0.25) is 0 Å². The van der Waals surface area contributed by atoms with E-state index >= 15 is 0 Å². The molecule has 1 aliphatic rings. The van der Waals surface area contributed by atoms with Crippen molar-refractivity contribution >= 4 is 22.9 Å². The molecule has 3 aromatic rings. The fourth-order valence-electron chi connectivity index (χ4n) is 3.61. The second-order valence-corrected chi connectivity index (χ2v) is 6.49. The predicted octanol–water partition coefficient (Wildman–Crippen LogP) is 4.00. The molecule has 6 nitrogen and oxygen atoms in total. The van der Waals surface area contributed by atoms with Crippen LogP contribution < -0.4 is 11.1 Å². The van der Waals surface area contributed by atoms with E-state index in [1.807, 2.05) is 4.57 Å². The molecule has 3 N–H and O–H groups in total. The Hall–Kier alpha value is -2.89. The maximum absolute atomic E-state index is 6.00. The van der Waals surface area contributed by atoms with Crippen molar-refractivity contribution in [3.63, 3.8) is 0 Å². The van der Waals surface area contributed by atoms with E-state index in [0.29, 0.717) is 28.8 Å². The predicted molar refractivity (Wildman–Crippen MR) is 101 cm³/mol. The second kappa shape index (κ2) is 6.55. The fourth-order valence-corrected chi connectivity index (χ4v) is 3.61. The molecule has 128 valence electrons. The molecule has 25 heavy (non-hydrogen) atoms. The summed E-state index contributed by atoms with van der Waals surface area (Å²) in [5.41, 5.74) is 9.73. The van der Waals surface area contributed by atoms with Crippen molar-refractivity contribution in [3.05, 3.63) is 48.9 Å². The molecule has 0 spiro atoms. The summed E-state index contributed by atoms with van der Waals surface area (Å²) in [6.07, 6.45) is 9.92. The molecule has 0 atom stereocenters. The van der Waals surface area contributed by atoms with Crippen molar-refractivity contribution in [1.29, 1.82) is 0 Å². The number of nitrogens with zero attached hydrogens (tertiary/aromatic N) is 4. The molecule has 0 unspecified atom stereocenters. The van der Waals surface area contributed by atoms with E-state index in [0.717, 1.165) is 5.69 Å². The van der Waals surface area contributed by atoms with Crippen molar-refractivity contribution in [2.45, 2.75) is 38.0 Å². The monoisotopic (exact) mass is 334 g/mol. The van der Waals surface area contributed by atoms with Crippen LogP contribution in [0.1, 0.15) is 43.6 Å². The Kier molecular flexibility index (Phi) is 4.09. The Labute approximate surface area is 146 Å². The highest BCUT2D eigenvalue weighted by atomic mass is 15.2. The first-order valence-corrected chi connectivity index (χ1v) is 8.74. The molecule has 6 heteroatoms. The van der Waals surface area contributed by atoms with Crippen molar-refractivity contribution in [2.24, 2.45) is 0 Å². The SMILES string of the molecule is C=CNc1nc(N)c2ncn(-c3ccc(C4CCCCC4)cc3)c2n1. The maximum atomic E-state index is 6.00. The van der Waals surface area contributed by atoms with Gasteiger partial charge in [0.05, 0.1) is 0 Å². The Balaban J connectivity index is 1.70. The molecule has 1 aliphatic carbocycles. The van der Waals surface area contributed by atoms with E-state index in [2.05, 4.69) is 51.1 Å². The Morgan fingerprint density at radius 2 is 1.88 bits per heavy atom. The van der Waals surface area contributed by atoms with Crippen LogP contribution in [0.3, 0.4) is 0 Å². The first-order valence-electron chi connectivity index (χ1n) is 8.74. The number of hydrogen-bond donors (Lipinski definition) is 2. The Morgan fingerprint density at radius 1 is 1.12 bits per heavy atom. The summed E-state index contributed by atoms with van der Waals surface area (Å²) >= 11 is 0. The summed E-state index contributed by atoms with van der Waals surface area (Å²) in [6.45, 7) is 3.63. The number of aromatic nitrogens is 4. The third kappa shape index (κ3) is 2.95. The lowest BCUT2D eigenvalue weighted by molar-refractivity contribution is 0.443. The zero-order chi connectivity index (χ0) is 17.2. The van der Waals surface area contributed by atoms with Gasteiger partial charge in [0.2, 0.25) is 5.95 Å². The lowest BCUT2D eigenvalue weighted by Gasteiger charge is -2.22. The first kappa shape index (κ1) is 15.6. The smallest absolute Gasteiger partial charge is 0.230 e. The summed E-state index contributed by atoms with van der Waals surface area (Å²) in [5.74, 6) is 1.47. The Morgan fingerprint density at radius 3 is 2.60 bits per heavy atom. The number of anilines is 2. The number of nitrogen functional groups attached to an aromatic ring is 1. The molecule has 4 rings (SSSR count). The summed E-state index contributed by atoms with van der Waals surface area (Å²) in [4.78, 5) is 13.1.